The average molecular weight is 260 g/mol. The second-order valence-corrected chi connectivity index (χ2v) is 6.11. The molecule has 1 aromatic rings. The lowest BCUT2D eigenvalue weighted by Gasteiger charge is -2.26. The normalized spacial score (nSPS) is 18.5. The summed E-state index contributed by atoms with van der Waals surface area (Å²) in [6.45, 7) is 6.47. The van der Waals surface area contributed by atoms with Gasteiger partial charge in [0, 0.05) is 25.7 Å². The minimum absolute atomic E-state index is 0.863. The van der Waals surface area contributed by atoms with Gasteiger partial charge < -0.3 is 10.2 Å². The third-order valence-corrected chi connectivity index (χ3v) is 4.12. The van der Waals surface area contributed by atoms with Crippen LogP contribution in [-0.2, 0) is 0 Å². The molecule has 0 saturated heterocycles. The lowest BCUT2D eigenvalue weighted by Crippen LogP contribution is -2.30. The van der Waals surface area contributed by atoms with E-state index in [-0.39, 0.29) is 0 Å². The predicted molar refractivity (Wildman–Crippen MR) is 78.7 cm³/mol. The molecule has 2 fully saturated rings. The monoisotopic (exact) mass is 260 g/mol. The van der Waals surface area contributed by atoms with E-state index in [1.54, 1.807) is 0 Å². The summed E-state index contributed by atoms with van der Waals surface area (Å²) in [5.41, 5.74) is 1.19. The summed E-state index contributed by atoms with van der Waals surface area (Å²) in [5, 5.41) is 3.19. The highest BCUT2D eigenvalue weighted by atomic mass is 15.2. The molecule has 4 nitrogen and oxygen atoms in total. The first kappa shape index (κ1) is 12.7. The molecule has 4 heteroatoms. The molecule has 0 atom stereocenters. The molecule has 1 heterocycles. The summed E-state index contributed by atoms with van der Waals surface area (Å²) in [7, 11) is 1.94. The van der Waals surface area contributed by atoms with Crippen LogP contribution in [0.15, 0.2) is 0 Å². The van der Waals surface area contributed by atoms with Crippen molar-refractivity contribution < 1.29 is 0 Å². The second kappa shape index (κ2) is 4.99. The van der Waals surface area contributed by atoms with Crippen molar-refractivity contribution in [2.75, 3.05) is 30.4 Å². The zero-order valence-electron chi connectivity index (χ0n) is 12.2. The Morgan fingerprint density at radius 1 is 1.05 bits per heavy atom. The molecule has 0 bridgehead atoms. The minimum Gasteiger partial charge on any atom is -0.373 e. The van der Waals surface area contributed by atoms with Crippen LogP contribution in [0.1, 0.15) is 37.1 Å². The molecule has 1 aromatic heterocycles. The number of hydrogen-bond acceptors (Lipinski definition) is 4. The standard InChI is InChI=1S/C15H24N4/c1-10-14(16-3)17-11(2)18-15(10)19(8-12-4-5-12)9-13-6-7-13/h12-13H,4-9H2,1-3H3,(H,16,17,18). The average Bonchev–Trinajstić information content (AvgIpc) is 3.26. The molecule has 0 amide bonds. The molecular formula is C15H24N4. The van der Waals surface area contributed by atoms with Crippen LogP contribution < -0.4 is 10.2 Å². The number of anilines is 2. The summed E-state index contributed by atoms with van der Waals surface area (Å²) < 4.78 is 0. The van der Waals surface area contributed by atoms with Crippen molar-refractivity contribution in [1.29, 1.82) is 0 Å². The van der Waals surface area contributed by atoms with Crippen molar-refractivity contribution in [3.8, 4) is 0 Å². The van der Waals surface area contributed by atoms with Crippen LogP contribution in [0, 0.1) is 25.7 Å². The molecule has 3 rings (SSSR count). The maximum absolute atomic E-state index is 4.72. The van der Waals surface area contributed by atoms with E-state index in [2.05, 4.69) is 22.1 Å². The molecule has 2 aliphatic carbocycles. The van der Waals surface area contributed by atoms with Crippen molar-refractivity contribution in [2.45, 2.75) is 39.5 Å². The van der Waals surface area contributed by atoms with Gasteiger partial charge in [-0.15, -0.1) is 0 Å². The molecule has 104 valence electrons. The van der Waals surface area contributed by atoms with Crippen LogP contribution in [0.3, 0.4) is 0 Å². The number of hydrogen-bond donors (Lipinski definition) is 1. The Morgan fingerprint density at radius 2 is 1.63 bits per heavy atom. The molecule has 2 aliphatic rings. The predicted octanol–water partition coefficient (Wildman–Crippen LogP) is 2.76. The summed E-state index contributed by atoms with van der Waals surface area (Å²) in [5.74, 6) is 4.77. The van der Waals surface area contributed by atoms with E-state index in [1.165, 1.54) is 44.3 Å². The Kier molecular flexibility index (Phi) is 3.33. The molecule has 0 aromatic carbocycles. The maximum Gasteiger partial charge on any atom is 0.137 e. The van der Waals surface area contributed by atoms with Gasteiger partial charge in [-0.2, -0.15) is 0 Å². The highest BCUT2D eigenvalue weighted by molar-refractivity contribution is 5.58. The number of nitrogens with one attached hydrogen (secondary N) is 1. The number of aromatic nitrogens is 2. The zero-order chi connectivity index (χ0) is 13.4. The van der Waals surface area contributed by atoms with Gasteiger partial charge >= 0.3 is 0 Å². The highest BCUT2D eigenvalue weighted by Crippen LogP contribution is 2.36. The van der Waals surface area contributed by atoms with Gasteiger partial charge in [0.1, 0.15) is 17.5 Å². The minimum atomic E-state index is 0.863. The van der Waals surface area contributed by atoms with Gasteiger partial charge in [0.05, 0.1) is 0 Å². The molecule has 2 saturated carbocycles. The van der Waals surface area contributed by atoms with E-state index in [1.807, 2.05) is 14.0 Å². The van der Waals surface area contributed by atoms with Crippen molar-refractivity contribution >= 4 is 11.6 Å². The lowest BCUT2D eigenvalue weighted by molar-refractivity contribution is 0.667. The maximum atomic E-state index is 4.72. The first-order valence-corrected chi connectivity index (χ1v) is 7.45. The quantitative estimate of drug-likeness (QED) is 0.854. The van der Waals surface area contributed by atoms with Crippen LogP contribution in [0.25, 0.3) is 0 Å². The van der Waals surface area contributed by atoms with Crippen LogP contribution in [0.5, 0.6) is 0 Å². The van der Waals surface area contributed by atoms with Gasteiger partial charge in [0.15, 0.2) is 0 Å². The number of aryl methyl sites for hydroxylation is 1. The second-order valence-electron chi connectivity index (χ2n) is 6.11. The molecule has 0 aliphatic heterocycles. The van der Waals surface area contributed by atoms with Crippen molar-refractivity contribution in [3.63, 3.8) is 0 Å². The molecule has 0 spiro atoms. The van der Waals surface area contributed by atoms with Crippen molar-refractivity contribution in [3.05, 3.63) is 11.4 Å². The van der Waals surface area contributed by atoms with Crippen molar-refractivity contribution in [1.82, 2.24) is 9.97 Å². The molecule has 0 unspecified atom stereocenters. The number of nitrogens with zero attached hydrogens (tertiary/aromatic N) is 3. The summed E-state index contributed by atoms with van der Waals surface area (Å²) in [4.78, 5) is 11.7. The first-order valence-electron chi connectivity index (χ1n) is 7.45. The largest absolute Gasteiger partial charge is 0.373 e. The van der Waals surface area contributed by atoms with Gasteiger partial charge in [-0.05, 0) is 51.4 Å². The smallest absolute Gasteiger partial charge is 0.137 e. The summed E-state index contributed by atoms with van der Waals surface area (Å²) in [6, 6.07) is 0. The fourth-order valence-corrected chi connectivity index (χ4v) is 2.64. The van der Waals surface area contributed by atoms with Gasteiger partial charge in [-0.1, -0.05) is 0 Å². The van der Waals surface area contributed by atoms with E-state index in [0.717, 1.165) is 29.3 Å². The molecule has 1 N–H and O–H groups in total. The Morgan fingerprint density at radius 3 is 2.11 bits per heavy atom. The van der Waals surface area contributed by atoms with Crippen LogP contribution >= 0.6 is 0 Å². The fraction of sp³-hybridized carbons (Fsp3) is 0.733. The highest BCUT2D eigenvalue weighted by Gasteiger charge is 2.30. The summed E-state index contributed by atoms with van der Waals surface area (Å²) >= 11 is 0. The Balaban J connectivity index is 1.88. The van der Waals surface area contributed by atoms with E-state index < -0.39 is 0 Å². The van der Waals surface area contributed by atoms with Gasteiger partial charge in [0.2, 0.25) is 0 Å². The number of rotatable bonds is 6. The Hall–Kier alpha value is -1.32. The Labute approximate surface area is 115 Å². The topological polar surface area (TPSA) is 41.1 Å². The van der Waals surface area contributed by atoms with Gasteiger partial charge in [-0.25, -0.2) is 9.97 Å². The zero-order valence-corrected chi connectivity index (χ0v) is 12.2. The molecular weight excluding hydrogens is 236 g/mol. The first-order chi connectivity index (χ1) is 9.17. The molecule has 19 heavy (non-hydrogen) atoms. The fourth-order valence-electron chi connectivity index (χ4n) is 2.64. The lowest BCUT2D eigenvalue weighted by atomic mass is 10.2. The van der Waals surface area contributed by atoms with Crippen molar-refractivity contribution in [2.24, 2.45) is 11.8 Å². The summed E-state index contributed by atoms with van der Waals surface area (Å²) in [6.07, 6.45) is 5.57. The Bertz CT molecular complexity index is 449. The van der Waals surface area contributed by atoms with E-state index in [4.69, 9.17) is 4.98 Å². The van der Waals surface area contributed by atoms with Crippen LogP contribution in [-0.4, -0.2) is 30.1 Å². The molecule has 0 radical (unpaired) electrons. The third kappa shape index (κ3) is 2.99. The van der Waals surface area contributed by atoms with E-state index in [9.17, 15) is 0 Å². The van der Waals surface area contributed by atoms with Crippen LogP contribution in [0.2, 0.25) is 0 Å². The van der Waals surface area contributed by atoms with E-state index in [0.29, 0.717) is 0 Å². The van der Waals surface area contributed by atoms with E-state index >= 15 is 0 Å². The van der Waals surface area contributed by atoms with Crippen LogP contribution in [0.4, 0.5) is 11.6 Å². The van der Waals surface area contributed by atoms with Gasteiger partial charge in [0.25, 0.3) is 0 Å². The van der Waals surface area contributed by atoms with Gasteiger partial charge in [-0.3, -0.25) is 0 Å². The third-order valence-electron chi connectivity index (χ3n) is 4.12. The SMILES string of the molecule is CNc1nc(C)nc(N(CC2CC2)CC2CC2)c1C.